The fraction of sp³-hybridized carbons (Fsp3) is 0.250. The highest BCUT2D eigenvalue weighted by atomic mass is 16.5. The van der Waals surface area contributed by atoms with Crippen LogP contribution in [0, 0.1) is 6.92 Å². The summed E-state index contributed by atoms with van der Waals surface area (Å²) in [5, 5.41) is 6.77. The number of carbonyl (C=O) groups excluding carboxylic acids is 1. The number of para-hydroxylation sites is 2. The molecule has 1 aromatic heterocycles. The summed E-state index contributed by atoms with van der Waals surface area (Å²) in [5.41, 5.74) is 2.01. The standard InChI is InChI=1S/C20H21N3O4/c1-14-7-3-4-8-15(14)20-22-19(27-23-20)11-12-21-18(24)13-26-17-10-6-5-9-16(17)25-2/h3-10H,11-13H2,1-2H3,(H,21,24). The van der Waals surface area contributed by atoms with Crippen LogP contribution in [-0.2, 0) is 11.2 Å². The van der Waals surface area contributed by atoms with Crippen molar-refractivity contribution in [3.05, 3.63) is 60.0 Å². The average molecular weight is 367 g/mol. The number of hydrogen-bond acceptors (Lipinski definition) is 6. The van der Waals surface area contributed by atoms with Crippen LogP contribution < -0.4 is 14.8 Å². The smallest absolute Gasteiger partial charge is 0.257 e. The zero-order chi connectivity index (χ0) is 19.1. The molecule has 7 heteroatoms. The maximum atomic E-state index is 11.9. The highest BCUT2D eigenvalue weighted by molar-refractivity contribution is 5.77. The van der Waals surface area contributed by atoms with Crippen LogP contribution in [0.25, 0.3) is 11.4 Å². The normalized spacial score (nSPS) is 10.4. The number of benzene rings is 2. The minimum Gasteiger partial charge on any atom is -0.493 e. The third kappa shape index (κ3) is 4.84. The van der Waals surface area contributed by atoms with E-state index in [-0.39, 0.29) is 12.5 Å². The number of carbonyl (C=O) groups is 1. The predicted octanol–water partition coefficient (Wildman–Crippen LogP) is 2.79. The molecule has 27 heavy (non-hydrogen) atoms. The number of rotatable bonds is 8. The number of amides is 1. The van der Waals surface area contributed by atoms with Gasteiger partial charge in [-0.2, -0.15) is 4.98 Å². The maximum absolute atomic E-state index is 11.9. The lowest BCUT2D eigenvalue weighted by atomic mass is 10.1. The molecule has 2 aromatic carbocycles. The second-order valence-corrected chi connectivity index (χ2v) is 5.87. The summed E-state index contributed by atoms with van der Waals surface area (Å²) >= 11 is 0. The van der Waals surface area contributed by atoms with Crippen molar-refractivity contribution >= 4 is 5.91 Å². The van der Waals surface area contributed by atoms with E-state index in [2.05, 4.69) is 15.5 Å². The first kappa shape index (κ1) is 18.4. The Morgan fingerprint density at radius 3 is 2.63 bits per heavy atom. The van der Waals surface area contributed by atoms with Crippen LogP contribution in [0.15, 0.2) is 53.1 Å². The maximum Gasteiger partial charge on any atom is 0.257 e. The zero-order valence-electron chi connectivity index (χ0n) is 15.3. The molecule has 0 saturated carbocycles. The quantitative estimate of drug-likeness (QED) is 0.659. The van der Waals surface area contributed by atoms with Crippen LogP contribution in [0.5, 0.6) is 11.5 Å². The Bertz CT molecular complexity index is 908. The summed E-state index contributed by atoms with van der Waals surface area (Å²) < 4.78 is 15.9. The van der Waals surface area contributed by atoms with Crippen LogP contribution >= 0.6 is 0 Å². The van der Waals surface area contributed by atoms with Gasteiger partial charge in [0.2, 0.25) is 11.7 Å². The van der Waals surface area contributed by atoms with Gasteiger partial charge in [0.25, 0.3) is 5.91 Å². The number of hydrogen-bond donors (Lipinski definition) is 1. The number of nitrogens with one attached hydrogen (secondary N) is 1. The van der Waals surface area contributed by atoms with E-state index in [1.165, 1.54) is 0 Å². The van der Waals surface area contributed by atoms with Crippen molar-refractivity contribution in [2.45, 2.75) is 13.3 Å². The second-order valence-electron chi connectivity index (χ2n) is 5.87. The largest absolute Gasteiger partial charge is 0.493 e. The van der Waals surface area contributed by atoms with Gasteiger partial charge in [-0.15, -0.1) is 0 Å². The lowest BCUT2D eigenvalue weighted by molar-refractivity contribution is -0.123. The van der Waals surface area contributed by atoms with Gasteiger partial charge in [0, 0.05) is 18.5 Å². The fourth-order valence-electron chi connectivity index (χ4n) is 2.53. The van der Waals surface area contributed by atoms with E-state index < -0.39 is 0 Å². The highest BCUT2D eigenvalue weighted by Crippen LogP contribution is 2.25. The predicted molar refractivity (Wildman–Crippen MR) is 99.7 cm³/mol. The molecule has 0 atom stereocenters. The van der Waals surface area contributed by atoms with Crippen molar-refractivity contribution in [1.82, 2.24) is 15.5 Å². The molecule has 0 radical (unpaired) electrons. The molecule has 0 aliphatic carbocycles. The molecule has 1 heterocycles. The van der Waals surface area contributed by atoms with Crippen molar-refractivity contribution in [3.8, 4) is 22.9 Å². The van der Waals surface area contributed by atoms with E-state index in [0.29, 0.717) is 36.2 Å². The minimum atomic E-state index is -0.237. The highest BCUT2D eigenvalue weighted by Gasteiger charge is 2.11. The van der Waals surface area contributed by atoms with E-state index in [4.69, 9.17) is 14.0 Å². The molecule has 7 nitrogen and oxygen atoms in total. The van der Waals surface area contributed by atoms with Gasteiger partial charge in [0.15, 0.2) is 18.1 Å². The Balaban J connectivity index is 1.46. The van der Waals surface area contributed by atoms with Gasteiger partial charge in [0.1, 0.15) is 0 Å². The first-order chi connectivity index (χ1) is 13.2. The topological polar surface area (TPSA) is 86.5 Å². The van der Waals surface area contributed by atoms with E-state index in [1.54, 1.807) is 19.2 Å². The number of aromatic nitrogens is 2. The molecule has 0 saturated heterocycles. The number of ether oxygens (including phenoxy) is 2. The van der Waals surface area contributed by atoms with E-state index in [0.717, 1.165) is 11.1 Å². The van der Waals surface area contributed by atoms with Crippen LogP contribution in [0.3, 0.4) is 0 Å². The Kier molecular flexibility index (Phi) is 6.04. The summed E-state index contributed by atoms with van der Waals surface area (Å²) in [5.74, 6) is 1.89. The van der Waals surface area contributed by atoms with Gasteiger partial charge in [-0.3, -0.25) is 4.79 Å². The van der Waals surface area contributed by atoms with Crippen molar-refractivity contribution in [2.75, 3.05) is 20.3 Å². The molecule has 0 spiro atoms. The summed E-state index contributed by atoms with van der Waals surface area (Å²) in [7, 11) is 1.55. The molecule has 3 aromatic rings. The van der Waals surface area contributed by atoms with E-state index in [1.807, 2.05) is 43.3 Å². The van der Waals surface area contributed by atoms with Crippen molar-refractivity contribution in [3.63, 3.8) is 0 Å². The molecular formula is C20H21N3O4. The summed E-state index contributed by atoms with van der Waals surface area (Å²) in [4.78, 5) is 16.3. The Morgan fingerprint density at radius 2 is 1.85 bits per heavy atom. The molecule has 0 unspecified atom stereocenters. The lowest BCUT2D eigenvalue weighted by Gasteiger charge is -2.10. The van der Waals surface area contributed by atoms with E-state index >= 15 is 0 Å². The van der Waals surface area contributed by atoms with Gasteiger partial charge >= 0.3 is 0 Å². The number of nitrogens with zero attached hydrogens (tertiary/aromatic N) is 2. The SMILES string of the molecule is COc1ccccc1OCC(=O)NCCc1nc(-c2ccccc2C)no1. The summed E-state index contributed by atoms with van der Waals surface area (Å²) in [6, 6.07) is 15.0. The summed E-state index contributed by atoms with van der Waals surface area (Å²) in [6.07, 6.45) is 0.444. The molecule has 0 aliphatic heterocycles. The first-order valence-corrected chi connectivity index (χ1v) is 8.58. The Hall–Kier alpha value is -3.35. The summed E-state index contributed by atoms with van der Waals surface area (Å²) in [6.45, 7) is 2.27. The van der Waals surface area contributed by atoms with Crippen molar-refractivity contribution in [2.24, 2.45) is 0 Å². The number of methoxy groups -OCH3 is 1. The molecular weight excluding hydrogens is 346 g/mol. The minimum absolute atomic E-state index is 0.0985. The Labute approximate surface area is 157 Å². The molecule has 0 aliphatic rings. The van der Waals surface area contributed by atoms with Crippen LogP contribution in [0.4, 0.5) is 0 Å². The third-order valence-corrected chi connectivity index (χ3v) is 3.94. The van der Waals surface area contributed by atoms with Crippen LogP contribution in [0.1, 0.15) is 11.5 Å². The van der Waals surface area contributed by atoms with Crippen molar-refractivity contribution < 1.29 is 18.8 Å². The van der Waals surface area contributed by atoms with Gasteiger partial charge in [-0.1, -0.05) is 41.6 Å². The van der Waals surface area contributed by atoms with E-state index in [9.17, 15) is 4.79 Å². The molecule has 3 rings (SSSR count). The third-order valence-electron chi connectivity index (χ3n) is 3.94. The first-order valence-electron chi connectivity index (χ1n) is 8.58. The molecule has 1 N–H and O–H groups in total. The zero-order valence-corrected chi connectivity index (χ0v) is 15.3. The molecule has 0 fully saturated rings. The van der Waals surface area contributed by atoms with Gasteiger partial charge in [-0.05, 0) is 24.6 Å². The van der Waals surface area contributed by atoms with Crippen molar-refractivity contribution in [1.29, 1.82) is 0 Å². The lowest BCUT2D eigenvalue weighted by Crippen LogP contribution is -2.30. The van der Waals surface area contributed by atoms with Gasteiger partial charge < -0.3 is 19.3 Å². The van der Waals surface area contributed by atoms with Crippen LogP contribution in [0.2, 0.25) is 0 Å². The monoisotopic (exact) mass is 367 g/mol. The molecule has 1 amide bonds. The van der Waals surface area contributed by atoms with Gasteiger partial charge in [-0.25, -0.2) is 0 Å². The van der Waals surface area contributed by atoms with Gasteiger partial charge in [0.05, 0.1) is 7.11 Å². The fourth-order valence-corrected chi connectivity index (χ4v) is 2.53. The Morgan fingerprint density at radius 1 is 1.11 bits per heavy atom. The van der Waals surface area contributed by atoms with Crippen LogP contribution in [-0.4, -0.2) is 36.3 Å². The number of aryl methyl sites for hydroxylation is 1. The molecule has 0 bridgehead atoms. The average Bonchev–Trinajstić information content (AvgIpc) is 3.15. The molecule has 140 valence electrons. The second kappa shape index (κ2) is 8.84.